The molecule has 0 saturated heterocycles. The summed E-state index contributed by atoms with van der Waals surface area (Å²) in [7, 11) is 0. The Labute approximate surface area is 95.0 Å². The average Bonchev–Trinajstić information content (AvgIpc) is 2.58. The molecule has 5 heteroatoms. The highest BCUT2D eigenvalue weighted by Crippen LogP contribution is 2.33. The highest BCUT2D eigenvalue weighted by atomic mass is 35.5. The van der Waals surface area contributed by atoms with Crippen molar-refractivity contribution in [2.24, 2.45) is 0 Å². The van der Waals surface area contributed by atoms with Crippen LogP contribution in [0.1, 0.15) is 5.56 Å². The van der Waals surface area contributed by atoms with Crippen molar-refractivity contribution in [2.75, 3.05) is 0 Å². The summed E-state index contributed by atoms with van der Waals surface area (Å²) in [6, 6.07) is 2.88. The summed E-state index contributed by atoms with van der Waals surface area (Å²) in [6.07, 6.45) is 0. The van der Waals surface area contributed by atoms with Gasteiger partial charge in [0.15, 0.2) is 0 Å². The fourth-order valence-electron chi connectivity index (χ4n) is 1.20. The quantitative estimate of drug-likeness (QED) is 0.830. The van der Waals surface area contributed by atoms with Crippen LogP contribution in [-0.4, -0.2) is 10.1 Å². The van der Waals surface area contributed by atoms with Crippen LogP contribution in [0.3, 0.4) is 0 Å². The molecule has 0 saturated carbocycles. The van der Waals surface area contributed by atoms with E-state index in [0.717, 1.165) is 0 Å². The minimum Gasteiger partial charge on any atom is -0.493 e. The molecule has 78 valence electrons. The highest BCUT2D eigenvalue weighted by molar-refractivity contribution is 7.13. The summed E-state index contributed by atoms with van der Waals surface area (Å²) < 4.78 is 13.3. The number of halogens is 2. The molecule has 2 aromatic rings. The summed E-state index contributed by atoms with van der Waals surface area (Å²) in [5.41, 5.74) is 0.995. The van der Waals surface area contributed by atoms with Crippen LogP contribution >= 0.6 is 22.9 Å². The van der Waals surface area contributed by atoms with Crippen molar-refractivity contribution in [1.29, 1.82) is 0 Å². The molecule has 0 spiro atoms. The van der Waals surface area contributed by atoms with Gasteiger partial charge in [-0.3, -0.25) is 0 Å². The first-order valence-corrected chi connectivity index (χ1v) is 5.44. The Kier molecular flexibility index (Phi) is 2.63. The molecule has 0 aliphatic carbocycles. The highest BCUT2D eigenvalue weighted by Gasteiger charge is 2.11. The standard InChI is InChI=1S/C10H7ClFNOS/c1-5-2-7(11)6(3-8(5)12)10-13-9(14)4-15-10/h2-4,14H,1H3. The van der Waals surface area contributed by atoms with Gasteiger partial charge in [-0.05, 0) is 24.6 Å². The predicted octanol–water partition coefficient (Wildman–Crippen LogP) is 3.62. The molecule has 0 aliphatic heterocycles. The van der Waals surface area contributed by atoms with Gasteiger partial charge in [-0.1, -0.05) is 11.6 Å². The van der Waals surface area contributed by atoms with Crippen molar-refractivity contribution >= 4 is 22.9 Å². The minimum atomic E-state index is -0.330. The lowest BCUT2D eigenvalue weighted by molar-refractivity contribution is 0.458. The van der Waals surface area contributed by atoms with Crippen LogP contribution in [0.5, 0.6) is 5.88 Å². The van der Waals surface area contributed by atoms with Crippen molar-refractivity contribution in [2.45, 2.75) is 6.92 Å². The molecule has 0 amide bonds. The smallest absolute Gasteiger partial charge is 0.222 e. The molecule has 0 atom stereocenters. The number of benzene rings is 1. The third-order valence-electron chi connectivity index (χ3n) is 1.97. The number of thiazole rings is 1. The van der Waals surface area contributed by atoms with Gasteiger partial charge in [-0.25, -0.2) is 9.37 Å². The number of nitrogens with zero attached hydrogens (tertiary/aromatic N) is 1. The van der Waals surface area contributed by atoms with Gasteiger partial charge < -0.3 is 5.11 Å². The number of rotatable bonds is 1. The van der Waals surface area contributed by atoms with Crippen LogP contribution < -0.4 is 0 Å². The Morgan fingerprint density at radius 1 is 1.47 bits per heavy atom. The van der Waals surface area contributed by atoms with Crippen molar-refractivity contribution in [1.82, 2.24) is 4.98 Å². The molecule has 0 aliphatic rings. The van der Waals surface area contributed by atoms with E-state index < -0.39 is 0 Å². The Morgan fingerprint density at radius 3 is 2.80 bits per heavy atom. The third kappa shape index (κ3) is 1.96. The van der Waals surface area contributed by atoms with Crippen LogP contribution in [0.15, 0.2) is 17.5 Å². The van der Waals surface area contributed by atoms with E-state index in [9.17, 15) is 4.39 Å². The maximum atomic E-state index is 13.3. The SMILES string of the molecule is Cc1cc(Cl)c(-c2nc(O)cs2)cc1F. The first kappa shape index (κ1) is 10.4. The lowest BCUT2D eigenvalue weighted by Gasteiger charge is -2.02. The molecule has 0 unspecified atom stereocenters. The molecule has 0 bridgehead atoms. The van der Waals surface area contributed by atoms with E-state index >= 15 is 0 Å². The first-order valence-electron chi connectivity index (χ1n) is 4.18. The fraction of sp³-hybridized carbons (Fsp3) is 0.100. The molecule has 1 heterocycles. The van der Waals surface area contributed by atoms with Gasteiger partial charge in [-0.2, -0.15) is 0 Å². The van der Waals surface area contributed by atoms with Gasteiger partial charge in [0.1, 0.15) is 10.8 Å². The normalized spacial score (nSPS) is 10.6. The van der Waals surface area contributed by atoms with Gasteiger partial charge >= 0.3 is 0 Å². The van der Waals surface area contributed by atoms with E-state index in [4.69, 9.17) is 16.7 Å². The summed E-state index contributed by atoms with van der Waals surface area (Å²) in [5, 5.41) is 11.5. The molecule has 2 rings (SSSR count). The molecule has 1 aromatic carbocycles. The average molecular weight is 244 g/mol. The van der Waals surface area contributed by atoms with E-state index in [1.807, 2.05) is 0 Å². The van der Waals surface area contributed by atoms with Crippen LogP contribution in [0, 0.1) is 12.7 Å². The molecular formula is C10H7ClFNOS. The third-order valence-corrected chi connectivity index (χ3v) is 3.15. The van der Waals surface area contributed by atoms with E-state index in [1.165, 1.54) is 22.8 Å². The zero-order valence-corrected chi connectivity index (χ0v) is 9.36. The van der Waals surface area contributed by atoms with E-state index in [-0.39, 0.29) is 11.7 Å². The van der Waals surface area contributed by atoms with E-state index in [2.05, 4.69) is 4.98 Å². The zero-order chi connectivity index (χ0) is 11.0. The second-order valence-electron chi connectivity index (χ2n) is 3.09. The summed E-state index contributed by atoms with van der Waals surface area (Å²) in [6.45, 7) is 1.64. The van der Waals surface area contributed by atoms with Gasteiger partial charge in [0.05, 0.1) is 10.4 Å². The Morgan fingerprint density at radius 2 is 2.20 bits per heavy atom. The Hall–Kier alpha value is -1.13. The molecule has 15 heavy (non-hydrogen) atoms. The molecule has 0 fully saturated rings. The Balaban J connectivity index is 2.58. The number of hydrogen-bond acceptors (Lipinski definition) is 3. The monoisotopic (exact) mass is 243 g/mol. The number of aromatic hydroxyl groups is 1. The van der Waals surface area contributed by atoms with Crippen molar-refractivity contribution in [3.05, 3.63) is 33.9 Å². The Bertz CT molecular complexity index is 512. The maximum absolute atomic E-state index is 13.3. The summed E-state index contributed by atoms with van der Waals surface area (Å²) >= 11 is 7.18. The first-order chi connectivity index (χ1) is 7.08. The zero-order valence-electron chi connectivity index (χ0n) is 7.79. The number of aryl methyl sites for hydroxylation is 1. The van der Waals surface area contributed by atoms with Crippen molar-refractivity contribution < 1.29 is 9.50 Å². The molecular weight excluding hydrogens is 237 g/mol. The second kappa shape index (κ2) is 3.79. The van der Waals surface area contributed by atoms with Crippen molar-refractivity contribution in [3.63, 3.8) is 0 Å². The van der Waals surface area contributed by atoms with Gasteiger partial charge in [-0.15, -0.1) is 11.3 Å². The minimum absolute atomic E-state index is 0.0768. The summed E-state index contributed by atoms with van der Waals surface area (Å²) in [4.78, 5) is 3.84. The number of aromatic nitrogens is 1. The maximum Gasteiger partial charge on any atom is 0.222 e. The lowest BCUT2D eigenvalue weighted by atomic mass is 10.1. The van der Waals surface area contributed by atoms with Crippen LogP contribution in [0.2, 0.25) is 5.02 Å². The van der Waals surface area contributed by atoms with E-state index in [1.54, 1.807) is 13.0 Å². The fourth-order valence-corrected chi connectivity index (χ4v) is 2.27. The lowest BCUT2D eigenvalue weighted by Crippen LogP contribution is -1.86. The molecule has 0 radical (unpaired) electrons. The summed E-state index contributed by atoms with van der Waals surface area (Å²) in [5.74, 6) is -0.406. The van der Waals surface area contributed by atoms with Gasteiger partial charge in [0, 0.05) is 5.56 Å². The van der Waals surface area contributed by atoms with Gasteiger partial charge in [0.2, 0.25) is 5.88 Å². The number of hydrogen-bond donors (Lipinski definition) is 1. The molecule has 2 nitrogen and oxygen atoms in total. The largest absolute Gasteiger partial charge is 0.493 e. The van der Waals surface area contributed by atoms with Crippen molar-refractivity contribution in [3.8, 4) is 16.5 Å². The van der Waals surface area contributed by atoms with E-state index in [0.29, 0.717) is 21.2 Å². The predicted molar refractivity (Wildman–Crippen MR) is 58.9 cm³/mol. The van der Waals surface area contributed by atoms with Crippen LogP contribution in [0.4, 0.5) is 4.39 Å². The molecule has 1 N–H and O–H groups in total. The van der Waals surface area contributed by atoms with Crippen LogP contribution in [-0.2, 0) is 0 Å². The topological polar surface area (TPSA) is 33.1 Å². The second-order valence-corrected chi connectivity index (χ2v) is 4.36. The van der Waals surface area contributed by atoms with Gasteiger partial charge in [0.25, 0.3) is 0 Å². The molecule has 1 aromatic heterocycles. The van der Waals surface area contributed by atoms with Crippen LogP contribution in [0.25, 0.3) is 10.6 Å².